The SMILES string of the molecule is CC[N+](C)(CC)CCO[B-]1(OCC[N+](C)(CC)CC)n2c(C)c(I)c(C)c2C=C2C(C)=C(I)C(C)=[N+]21. The molecule has 0 aliphatic carbocycles. The largest absolute Gasteiger partial charge is 0.666 e. The van der Waals surface area contributed by atoms with Crippen molar-refractivity contribution in [2.75, 3.05) is 66.6 Å². The predicted octanol–water partition coefficient (Wildman–Crippen LogP) is 5.55. The van der Waals surface area contributed by atoms with E-state index < -0.39 is 6.82 Å². The molecule has 0 fully saturated rings. The summed E-state index contributed by atoms with van der Waals surface area (Å²) in [5.74, 6) is 0. The van der Waals surface area contributed by atoms with Gasteiger partial charge in [0.25, 0.3) is 0 Å². The van der Waals surface area contributed by atoms with Crippen molar-refractivity contribution in [2.24, 2.45) is 0 Å². The number of nitrogens with zero attached hydrogens (tertiary/aromatic N) is 4. The molecular weight excluding hydrogens is 677 g/mol. The van der Waals surface area contributed by atoms with Crippen molar-refractivity contribution in [1.82, 2.24) is 4.48 Å². The van der Waals surface area contributed by atoms with E-state index in [9.17, 15) is 0 Å². The molecule has 3 rings (SSSR count). The molecule has 0 aromatic carbocycles. The van der Waals surface area contributed by atoms with Gasteiger partial charge in [-0.15, -0.1) is 0 Å². The van der Waals surface area contributed by atoms with Crippen LogP contribution in [0.1, 0.15) is 58.5 Å². The summed E-state index contributed by atoms with van der Waals surface area (Å²) >= 11 is 4.99. The van der Waals surface area contributed by atoms with Crippen molar-refractivity contribution in [2.45, 2.75) is 55.4 Å². The number of aromatic nitrogens is 1. The molecule has 0 unspecified atom stereocenters. The van der Waals surface area contributed by atoms with Crippen molar-refractivity contribution < 1.29 is 22.8 Å². The zero-order valence-corrected chi connectivity index (χ0v) is 28.5. The van der Waals surface area contributed by atoms with E-state index in [0.717, 1.165) is 48.2 Å². The third-order valence-electron chi connectivity index (χ3n) is 9.22. The maximum absolute atomic E-state index is 7.12. The van der Waals surface area contributed by atoms with Crippen LogP contribution in [0.4, 0.5) is 0 Å². The van der Waals surface area contributed by atoms with Crippen molar-refractivity contribution in [3.05, 3.63) is 35.4 Å². The van der Waals surface area contributed by atoms with E-state index in [4.69, 9.17) is 9.31 Å². The lowest BCUT2D eigenvalue weighted by Crippen LogP contribution is -2.64. The van der Waals surface area contributed by atoms with Gasteiger partial charge < -0.3 is 27.2 Å². The van der Waals surface area contributed by atoms with Gasteiger partial charge in [0.2, 0.25) is 0 Å². The van der Waals surface area contributed by atoms with Gasteiger partial charge in [-0.05, 0) is 105 Å². The summed E-state index contributed by atoms with van der Waals surface area (Å²) in [6.07, 6.45) is 2.35. The Bertz CT molecular complexity index is 1070. The van der Waals surface area contributed by atoms with E-state index in [2.05, 4.69) is 130 Å². The molecule has 6 nitrogen and oxygen atoms in total. The number of hydrogen-bond donors (Lipinski definition) is 0. The monoisotopic (exact) mass is 724 g/mol. The van der Waals surface area contributed by atoms with Crippen LogP contribution in [-0.2, 0) is 9.31 Å². The first-order valence-corrected chi connectivity index (χ1v) is 15.7. The van der Waals surface area contributed by atoms with Crippen LogP contribution in [-0.4, -0.2) is 97.0 Å². The zero-order chi connectivity index (χ0) is 27.1. The average Bonchev–Trinajstić information content (AvgIpc) is 3.23. The quantitative estimate of drug-likeness (QED) is 0.161. The summed E-state index contributed by atoms with van der Waals surface area (Å²) in [6.45, 7) is 23.6. The molecule has 0 N–H and O–H groups in total. The fraction of sp³-hybridized carbons (Fsp3) is 0.667. The molecule has 1 aromatic rings. The Morgan fingerprint density at radius 1 is 0.861 bits per heavy atom. The van der Waals surface area contributed by atoms with Crippen LogP contribution in [0.5, 0.6) is 0 Å². The first kappa shape index (κ1) is 30.3. The van der Waals surface area contributed by atoms with Crippen LogP contribution in [0.3, 0.4) is 0 Å². The Kier molecular flexibility index (Phi) is 9.69. The molecule has 1 aromatic heterocycles. The second-order valence-electron chi connectivity index (χ2n) is 11.0. The topological polar surface area (TPSA) is 26.4 Å². The third-order valence-corrected chi connectivity index (χ3v) is 12.4. The van der Waals surface area contributed by atoms with Crippen molar-refractivity contribution >= 4 is 63.8 Å². The van der Waals surface area contributed by atoms with Crippen LogP contribution in [0.2, 0.25) is 0 Å². The van der Waals surface area contributed by atoms with E-state index in [0.29, 0.717) is 13.2 Å². The van der Waals surface area contributed by atoms with Crippen LogP contribution < -0.4 is 0 Å². The lowest BCUT2D eigenvalue weighted by molar-refractivity contribution is -0.906. The highest BCUT2D eigenvalue weighted by Crippen LogP contribution is 2.41. The summed E-state index contributed by atoms with van der Waals surface area (Å²) in [5, 5.41) is 0. The fourth-order valence-corrected chi connectivity index (χ4v) is 6.49. The first-order valence-electron chi connectivity index (χ1n) is 13.5. The molecule has 9 heteroatoms. The lowest BCUT2D eigenvalue weighted by atomic mass is 9.81. The van der Waals surface area contributed by atoms with Crippen molar-refractivity contribution in [1.29, 1.82) is 0 Å². The molecule has 0 radical (unpaired) electrons. The van der Waals surface area contributed by atoms with E-state index in [1.54, 1.807) is 0 Å². The fourth-order valence-electron chi connectivity index (χ4n) is 5.42. The Hall–Kier alpha value is -0.205. The summed E-state index contributed by atoms with van der Waals surface area (Å²) in [5.41, 5.74) is 7.48. The third kappa shape index (κ3) is 5.18. The molecule has 0 atom stereocenters. The Morgan fingerprint density at radius 2 is 1.33 bits per heavy atom. The van der Waals surface area contributed by atoms with Crippen LogP contribution in [0.25, 0.3) is 6.08 Å². The number of hydrogen-bond acceptors (Lipinski definition) is 2. The summed E-state index contributed by atoms with van der Waals surface area (Å²) in [7, 11) is 4.64. The van der Waals surface area contributed by atoms with Crippen molar-refractivity contribution in [3.8, 4) is 0 Å². The molecule has 0 saturated heterocycles. The molecule has 2 aliphatic rings. The number of halogens is 2. The number of quaternary nitrogens is 2. The van der Waals surface area contributed by atoms with E-state index in [1.807, 2.05) is 0 Å². The molecule has 3 heterocycles. The van der Waals surface area contributed by atoms with Crippen LogP contribution >= 0.6 is 45.2 Å². The molecule has 202 valence electrons. The number of rotatable bonds is 12. The van der Waals surface area contributed by atoms with Gasteiger partial charge >= 0.3 is 6.82 Å². The minimum atomic E-state index is -1.98. The Morgan fingerprint density at radius 3 is 1.78 bits per heavy atom. The standard InChI is InChI=1S/C27H47BI2N4O2/c1-11-33(9,12-2)15-17-35-28(36-18-16-34(10,13-3)14-4)31-22(7)26(29)20(5)24(31)19-25-21(6)27(30)23(8)32(25)28/h19H,11-18H2,1-10H3/q+2. The molecular formula is C27H47BI2N4O2+2. The van der Waals surface area contributed by atoms with Gasteiger partial charge in [-0.2, -0.15) is 0 Å². The number of likely N-dealkylation sites (N-methyl/N-ethyl adjacent to an activating group) is 2. The highest BCUT2D eigenvalue weighted by atomic mass is 127. The van der Waals surface area contributed by atoms with Gasteiger partial charge in [0.05, 0.1) is 70.2 Å². The highest BCUT2D eigenvalue weighted by Gasteiger charge is 2.56. The van der Waals surface area contributed by atoms with E-state index >= 15 is 0 Å². The smallest absolute Gasteiger partial charge is 0.479 e. The van der Waals surface area contributed by atoms with Crippen molar-refractivity contribution in [3.63, 3.8) is 0 Å². The highest BCUT2D eigenvalue weighted by molar-refractivity contribution is 14.1. The predicted molar refractivity (Wildman–Crippen MR) is 170 cm³/mol. The average molecular weight is 724 g/mol. The zero-order valence-electron chi connectivity index (χ0n) is 24.2. The Labute approximate surface area is 246 Å². The maximum Gasteiger partial charge on any atom is 0.666 e. The molecule has 0 spiro atoms. The summed E-state index contributed by atoms with van der Waals surface area (Å²) < 4.78 is 23.6. The van der Waals surface area contributed by atoms with Gasteiger partial charge in [-0.25, -0.2) is 0 Å². The van der Waals surface area contributed by atoms with Gasteiger partial charge in [-0.1, -0.05) is 0 Å². The molecule has 2 aliphatic heterocycles. The van der Waals surface area contributed by atoms with E-state index in [-0.39, 0.29) is 0 Å². The second kappa shape index (κ2) is 11.5. The second-order valence-corrected chi connectivity index (χ2v) is 13.2. The van der Waals surface area contributed by atoms with Crippen LogP contribution in [0.15, 0.2) is 14.8 Å². The van der Waals surface area contributed by atoms with Gasteiger partial charge in [0.15, 0.2) is 5.70 Å². The number of fused-ring (bicyclic) bond motifs is 2. The maximum atomic E-state index is 7.12. The Balaban J connectivity index is 2.17. The van der Waals surface area contributed by atoms with Gasteiger partial charge in [0.1, 0.15) is 5.71 Å². The van der Waals surface area contributed by atoms with Gasteiger partial charge in [0, 0.05) is 27.8 Å². The summed E-state index contributed by atoms with van der Waals surface area (Å²) in [4.78, 5) is 0. The van der Waals surface area contributed by atoms with Gasteiger partial charge in [-0.3, -0.25) is 0 Å². The first-order chi connectivity index (χ1) is 16.8. The van der Waals surface area contributed by atoms with E-state index in [1.165, 1.54) is 41.1 Å². The minimum Gasteiger partial charge on any atom is -0.479 e. The molecule has 0 amide bonds. The minimum absolute atomic E-state index is 0.644. The molecule has 0 saturated carbocycles. The summed E-state index contributed by atoms with van der Waals surface area (Å²) in [6, 6.07) is 0. The molecule has 36 heavy (non-hydrogen) atoms. The lowest BCUT2D eigenvalue weighted by Gasteiger charge is -2.43. The number of allylic oxidation sites excluding steroid dienone is 2. The molecule has 0 bridgehead atoms. The van der Waals surface area contributed by atoms with Crippen LogP contribution in [0, 0.1) is 17.4 Å². The normalized spacial score (nSPS) is 17.6.